The highest BCUT2D eigenvalue weighted by molar-refractivity contribution is 7.21. The number of hydrogen-bond donors (Lipinski definition) is 1. The fraction of sp³-hybridized carbons (Fsp3) is 0.111. The van der Waals surface area contributed by atoms with Gasteiger partial charge in [-0.3, -0.25) is 4.79 Å². The number of hydrazone groups is 1. The largest absolute Gasteiger partial charge is 0.283 e. The van der Waals surface area contributed by atoms with E-state index in [1.165, 1.54) is 11.3 Å². The van der Waals surface area contributed by atoms with E-state index >= 15 is 0 Å². The third kappa shape index (κ3) is 3.28. The van der Waals surface area contributed by atoms with Gasteiger partial charge in [-0.1, -0.05) is 48.0 Å². The van der Waals surface area contributed by atoms with Crippen molar-refractivity contribution in [3.05, 3.63) is 69.1 Å². The van der Waals surface area contributed by atoms with Gasteiger partial charge in [0.2, 0.25) is 0 Å². The Bertz CT molecular complexity index is 915. The van der Waals surface area contributed by atoms with E-state index in [0.717, 1.165) is 26.8 Å². The highest BCUT2D eigenvalue weighted by Crippen LogP contribution is 2.35. The number of nitrogens with zero attached hydrogens (tertiary/aromatic N) is 1. The summed E-state index contributed by atoms with van der Waals surface area (Å²) in [5.41, 5.74) is 5.75. The molecular formula is C18H15ClN2OS. The van der Waals surface area contributed by atoms with Crippen molar-refractivity contribution in [1.82, 2.24) is 5.43 Å². The number of fused-ring (bicyclic) bond motifs is 1. The van der Waals surface area contributed by atoms with Gasteiger partial charge in [-0.2, -0.15) is 5.10 Å². The minimum Gasteiger partial charge on any atom is -0.266 e. The number of carbonyl (C=O) groups is 1. The van der Waals surface area contributed by atoms with Crippen LogP contribution in [0.15, 0.2) is 47.6 Å². The van der Waals surface area contributed by atoms with Gasteiger partial charge in [-0.05, 0) is 36.6 Å². The molecule has 116 valence electrons. The van der Waals surface area contributed by atoms with Gasteiger partial charge in [0.15, 0.2) is 0 Å². The summed E-state index contributed by atoms with van der Waals surface area (Å²) in [4.78, 5) is 12.8. The topological polar surface area (TPSA) is 41.5 Å². The molecule has 0 atom stereocenters. The summed E-state index contributed by atoms with van der Waals surface area (Å²) in [6.07, 6.45) is 1.64. The van der Waals surface area contributed by atoms with Crippen LogP contribution in [0.4, 0.5) is 0 Å². The fourth-order valence-corrected chi connectivity index (χ4v) is 3.77. The minimum absolute atomic E-state index is 0.293. The van der Waals surface area contributed by atoms with Crippen molar-refractivity contribution in [1.29, 1.82) is 0 Å². The molecule has 0 aliphatic heterocycles. The Balaban J connectivity index is 1.81. The highest BCUT2D eigenvalue weighted by atomic mass is 35.5. The van der Waals surface area contributed by atoms with E-state index < -0.39 is 0 Å². The Morgan fingerprint density at radius 2 is 2.00 bits per heavy atom. The van der Waals surface area contributed by atoms with E-state index in [0.29, 0.717) is 9.90 Å². The first-order valence-corrected chi connectivity index (χ1v) is 8.33. The molecule has 2 aromatic carbocycles. The van der Waals surface area contributed by atoms with Crippen LogP contribution in [0.2, 0.25) is 5.02 Å². The van der Waals surface area contributed by atoms with E-state index in [1.54, 1.807) is 6.21 Å². The van der Waals surface area contributed by atoms with E-state index in [4.69, 9.17) is 11.6 Å². The summed E-state index contributed by atoms with van der Waals surface area (Å²) in [6.45, 7) is 4.01. The maximum absolute atomic E-state index is 12.3. The molecule has 0 aliphatic carbocycles. The number of thiophene rings is 1. The zero-order chi connectivity index (χ0) is 16.4. The summed E-state index contributed by atoms with van der Waals surface area (Å²) in [7, 11) is 0. The van der Waals surface area contributed by atoms with Gasteiger partial charge >= 0.3 is 0 Å². The third-order valence-corrected chi connectivity index (χ3v) is 5.21. The molecule has 0 spiro atoms. The summed E-state index contributed by atoms with van der Waals surface area (Å²) in [5, 5.41) is 5.41. The molecule has 1 heterocycles. The van der Waals surface area contributed by atoms with Crippen LogP contribution in [0.3, 0.4) is 0 Å². The summed E-state index contributed by atoms with van der Waals surface area (Å²) < 4.78 is 1.00. The Morgan fingerprint density at radius 1 is 1.22 bits per heavy atom. The number of aryl methyl sites for hydroxylation is 2. The van der Waals surface area contributed by atoms with Crippen LogP contribution in [-0.4, -0.2) is 12.1 Å². The van der Waals surface area contributed by atoms with Crippen molar-refractivity contribution in [3.8, 4) is 0 Å². The third-order valence-electron chi connectivity index (χ3n) is 3.55. The van der Waals surface area contributed by atoms with Crippen LogP contribution in [0, 0.1) is 13.8 Å². The van der Waals surface area contributed by atoms with E-state index in [2.05, 4.69) is 10.5 Å². The molecule has 1 aromatic heterocycles. The molecule has 3 aromatic rings. The van der Waals surface area contributed by atoms with Gasteiger partial charge < -0.3 is 0 Å². The number of halogens is 1. The summed E-state index contributed by atoms with van der Waals surface area (Å²) in [6, 6.07) is 13.8. The smallest absolute Gasteiger partial charge is 0.266 e. The first kappa shape index (κ1) is 15.7. The molecule has 5 heteroatoms. The van der Waals surface area contributed by atoms with Gasteiger partial charge in [0.05, 0.1) is 11.2 Å². The van der Waals surface area contributed by atoms with Crippen molar-refractivity contribution in [2.75, 3.05) is 0 Å². The predicted molar refractivity (Wildman–Crippen MR) is 97.8 cm³/mol. The van der Waals surface area contributed by atoms with Crippen molar-refractivity contribution in [2.45, 2.75) is 13.8 Å². The normalized spacial score (nSPS) is 11.3. The average Bonchev–Trinajstić information content (AvgIpc) is 2.85. The summed E-state index contributed by atoms with van der Waals surface area (Å²) >= 11 is 7.70. The lowest BCUT2D eigenvalue weighted by molar-refractivity contribution is 0.0959. The van der Waals surface area contributed by atoms with Crippen molar-refractivity contribution < 1.29 is 4.79 Å². The molecule has 0 aliphatic rings. The van der Waals surface area contributed by atoms with Crippen LogP contribution in [0.5, 0.6) is 0 Å². The second-order valence-electron chi connectivity index (χ2n) is 5.30. The molecule has 3 rings (SSSR count). The van der Waals surface area contributed by atoms with Crippen LogP contribution in [0.25, 0.3) is 10.1 Å². The average molecular weight is 343 g/mol. The summed E-state index contributed by atoms with van der Waals surface area (Å²) in [5.74, 6) is -0.293. The number of benzene rings is 2. The molecule has 23 heavy (non-hydrogen) atoms. The lowest BCUT2D eigenvalue weighted by atomic mass is 10.1. The minimum atomic E-state index is -0.293. The van der Waals surface area contributed by atoms with Crippen LogP contribution < -0.4 is 5.43 Å². The maximum Gasteiger partial charge on any atom is 0.283 e. The predicted octanol–water partition coefficient (Wildman–Crippen LogP) is 4.94. The SMILES string of the molecule is Cc1ccc2c(Cl)c(C(=O)NN=Cc3ccccc3C)sc2c1. The number of nitrogens with one attached hydrogen (secondary N) is 1. The zero-order valence-corrected chi connectivity index (χ0v) is 14.3. The van der Waals surface area contributed by atoms with Gasteiger partial charge in [0.1, 0.15) is 4.88 Å². The molecule has 1 N–H and O–H groups in total. The second-order valence-corrected chi connectivity index (χ2v) is 6.73. The quantitative estimate of drug-likeness (QED) is 0.532. The molecule has 0 fully saturated rings. The number of hydrogen-bond acceptors (Lipinski definition) is 3. The van der Waals surface area contributed by atoms with Crippen LogP contribution in [0.1, 0.15) is 26.4 Å². The first-order chi connectivity index (χ1) is 11.1. The van der Waals surface area contributed by atoms with Crippen molar-refractivity contribution in [3.63, 3.8) is 0 Å². The monoisotopic (exact) mass is 342 g/mol. The Morgan fingerprint density at radius 3 is 2.78 bits per heavy atom. The molecule has 0 saturated carbocycles. The van der Waals surface area contributed by atoms with Gasteiger partial charge in [-0.25, -0.2) is 5.43 Å². The molecule has 0 saturated heterocycles. The van der Waals surface area contributed by atoms with Crippen molar-refractivity contribution >= 4 is 45.1 Å². The van der Waals surface area contributed by atoms with Crippen LogP contribution >= 0.6 is 22.9 Å². The maximum atomic E-state index is 12.3. The first-order valence-electron chi connectivity index (χ1n) is 7.14. The van der Waals surface area contributed by atoms with Gasteiger partial charge in [0.25, 0.3) is 5.91 Å². The van der Waals surface area contributed by atoms with Gasteiger partial charge in [-0.15, -0.1) is 11.3 Å². The number of rotatable bonds is 3. The highest BCUT2D eigenvalue weighted by Gasteiger charge is 2.16. The molecule has 1 amide bonds. The molecule has 0 unspecified atom stereocenters. The Hall–Kier alpha value is -2.17. The number of amides is 1. The second kappa shape index (κ2) is 6.52. The van der Waals surface area contributed by atoms with Crippen LogP contribution in [-0.2, 0) is 0 Å². The molecular weight excluding hydrogens is 328 g/mol. The lowest BCUT2D eigenvalue weighted by Crippen LogP contribution is -2.16. The van der Waals surface area contributed by atoms with E-state index in [-0.39, 0.29) is 5.91 Å². The van der Waals surface area contributed by atoms with E-state index in [1.807, 2.05) is 56.3 Å². The van der Waals surface area contributed by atoms with Crippen molar-refractivity contribution in [2.24, 2.45) is 5.10 Å². The molecule has 0 bridgehead atoms. The van der Waals surface area contributed by atoms with Gasteiger partial charge in [0, 0.05) is 10.1 Å². The zero-order valence-electron chi connectivity index (χ0n) is 12.8. The standard InChI is InChI=1S/C18H15ClN2OS/c1-11-7-8-14-15(9-11)23-17(16(14)19)18(22)21-20-10-13-6-4-3-5-12(13)2/h3-10H,1-2H3,(H,21,22). The Labute approximate surface area is 143 Å². The number of carbonyl (C=O) groups excluding carboxylic acids is 1. The molecule has 3 nitrogen and oxygen atoms in total. The fourth-order valence-electron chi connectivity index (χ4n) is 2.26. The molecule has 0 radical (unpaired) electrons. The van der Waals surface area contributed by atoms with E-state index in [9.17, 15) is 4.79 Å². The lowest BCUT2D eigenvalue weighted by Gasteiger charge is -1.99. The Kier molecular flexibility index (Phi) is 4.46.